The Morgan fingerprint density at radius 2 is 1.60 bits per heavy atom. The van der Waals surface area contributed by atoms with Crippen LogP contribution in [0.15, 0.2) is 59.5 Å². The lowest BCUT2D eigenvalue weighted by molar-refractivity contribution is 0.467. The second-order valence-electron chi connectivity index (χ2n) is 4.49. The number of para-hydroxylation sites is 1. The van der Waals surface area contributed by atoms with E-state index in [1.807, 2.05) is 36.4 Å². The van der Waals surface area contributed by atoms with Crippen molar-refractivity contribution in [2.45, 2.75) is 11.4 Å². The summed E-state index contributed by atoms with van der Waals surface area (Å²) < 4.78 is 26.6. The van der Waals surface area contributed by atoms with Gasteiger partial charge in [0.2, 0.25) is 10.0 Å². The molecule has 0 saturated heterocycles. The SMILES string of the molecule is CNc1ccccc1S(=O)(=O)N(C)Cc1ccccc1. The molecule has 0 unspecified atom stereocenters. The average Bonchev–Trinajstić information content (AvgIpc) is 2.48. The minimum atomic E-state index is -3.51. The zero-order chi connectivity index (χ0) is 14.6. The van der Waals surface area contributed by atoms with Crippen LogP contribution < -0.4 is 5.32 Å². The van der Waals surface area contributed by atoms with E-state index in [0.717, 1.165) is 5.56 Å². The summed E-state index contributed by atoms with van der Waals surface area (Å²) in [5.41, 5.74) is 1.56. The van der Waals surface area contributed by atoms with Crippen molar-refractivity contribution in [1.82, 2.24) is 4.31 Å². The van der Waals surface area contributed by atoms with E-state index in [4.69, 9.17) is 0 Å². The summed E-state index contributed by atoms with van der Waals surface area (Å²) in [4.78, 5) is 0.293. The monoisotopic (exact) mass is 290 g/mol. The van der Waals surface area contributed by atoms with Gasteiger partial charge in [-0.05, 0) is 17.7 Å². The summed E-state index contributed by atoms with van der Waals surface area (Å²) in [6, 6.07) is 16.4. The number of nitrogens with one attached hydrogen (secondary N) is 1. The van der Waals surface area contributed by atoms with Crippen molar-refractivity contribution < 1.29 is 8.42 Å². The first kappa shape index (κ1) is 14.6. The highest BCUT2D eigenvalue weighted by atomic mass is 32.2. The molecule has 0 spiro atoms. The molecule has 2 aromatic carbocycles. The molecule has 20 heavy (non-hydrogen) atoms. The van der Waals surface area contributed by atoms with Gasteiger partial charge in [-0.25, -0.2) is 8.42 Å². The van der Waals surface area contributed by atoms with Crippen LogP contribution in [-0.2, 0) is 16.6 Å². The van der Waals surface area contributed by atoms with E-state index in [1.165, 1.54) is 4.31 Å². The molecule has 0 atom stereocenters. The predicted octanol–water partition coefficient (Wildman–Crippen LogP) is 2.55. The quantitative estimate of drug-likeness (QED) is 0.920. The van der Waals surface area contributed by atoms with Crippen molar-refractivity contribution in [1.29, 1.82) is 0 Å². The highest BCUT2D eigenvalue weighted by Crippen LogP contribution is 2.24. The number of hydrogen-bond acceptors (Lipinski definition) is 3. The number of hydrogen-bond donors (Lipinski definition) is 1. The summed E-state index contributed by atoms with van der Waals surface area (Å²) in [6.45, 7) is 0.348. The van der Waals surface area contributed by atoms with Crippen molar-refractivity contribution in [3.05, 3.63) is 60.2 Å². The van der Waals surface area contributed by atoms with Crippen LogP contribution in [0.2, 0.25) is 0 Å². The molecule has 0 aromatic heterocycles. The van der Waals surface area contributed by atoms with Crippen molar-refractivity contribution >= 4 is 15.7 Å². The molecule has 2 aromatic rings. The molecule has 0 saturated carbocycles. The molecule has 0 heterocycles. The fourth-order valence-corrected chi connectivity index (χ4v) is 3.34. The third-order valence-corrected chi connectivity index (χ3v) is 4.95. The molecule has 0 bridgehead atoms. The molecule has 2 rings (SSSR count). The van der Waals surface area contributed by atoms with Crippen LogP contribution in [-0.4, -0.2) is 26.8 Å². The van der Waals surface area contributed by atoms with Crippen molar-refractivity contribution in [3.63, 3.8) is 0 Å². The standard InChI is InChI=1S/C15H18N2O2S/c1-16-14-10-6-7-11-15(14)20(18,19)17(2)12-13-8-4-3-5-9-13/h3-11,16H,12H2,1-2H3. The fourth-order valence-electron chi connectivity index (χ4n) is 1.99. The van der Waals surface area contributed by atoms with Gasteiger partial charge in [0.1, 0.15) is 4.90 Å². The third kappa shape index (κ3) is 3.00. The van der Waals surface area contributed by atoms with E-state index in [2.05, 4.69) is 5.32 Å². The van der Waals surface area contributed by atoms with E-state index >= 15 is 0 Å². The predicted molar refractivity (Wildman–Crippen MR) is 81.1 cm³/mol. The smallest absolute Gasteiger partial charge is 0.245 e. The summed E-state index contributed by atoms with van der Waals surface area (Å²) >= 11 is 0. The molecular formula is C15H18N2O2S. The molecule has 106 valence electrons. The maximum absolute atomic E-state index is 12.6. The minimum Gasteiger partial charge on any atom is -0.387 e. The Kier molecular flexibility index (Phi) is 4.42. The highest BCUT2D eigenvalue weighted by molar-refractivity contribution is 7.89. The zero-order valence-electron chi connectivity index (χ0n) is 11.6. The van der Waals surface area contributed by atoms with Crippen molar-refractivity contribution in [2.24, 2.45) is 0 Å². The largest absolute Gasteiger partial charge is 0.387 e. The van der Waals surface area contributed by atoms with Gasteiger partial charge in [0.15, 0.2) is 0 Å². The van der Waals surface area contributed by atoms with Crippen LogP contribution in [0.1, 0.15) is 5.56 Å². The maximum Gasteiger partial charge on any atom is 0.245 e. The normalized spacial score (nSPS) is 11.6. The Labute approximate surface area is 120 Å². The summed E-state index contributed by atoms with van der Waals surface area (Å²) in [5.74, 6) is 0. The lowest BCUT2D eigenvalue weighted by Gasteiger charge is -2.19. The first-order valence-corrected chi connectivity index (χ1v) is 7.77. The Hall–Kier alpha value is -1.85. The van der Waals surface area contributed by atoms with Crippen LogP contribution in [0.3, 0.4) is 0 Å². The second kappa shape index (κ2) is 6.07. The first-order valence-electron chi connectivity index (χ1n) is 6.33. The first-order chi connectivity index (χ1) is 9.55. The molecule has 0 radical (unpaired) electrons. The Balaban J connectivity index is 2.30. The molecule has 0 aliphatic heterocycles. The van der Waals surface area contributed by atoms with Gasteiger partial charge in [-0.3, -0.25) is 0 Å². The molecular weight excluding hydrogens is 272 g/mol. The van der Waals surface area contributed by atoms with E-state index in [9.17, 15) is 8.42 Å². The lowest BCUT2D eigenvalue weighted by atomic mass is 10.2. The summed E-state index contributed by atoms with van der Waals surface area (Å²) in [6.07, 6.45) is 0. The molecule has 1 N–H and O–H groups in total. The zero-order valence-corrected chi connectivity index (χ0v) is 12.4. The van der Waals surface area contributed by atoms with Gasteiger partial charge in [-0.1, -0.05) is 42.5 Å². The van der Waals surface area contributed by atoms with Crippen molar-refractivity contribution in [3.8, 4) is 0 Å². The van der Waals surface area contributed by atoms with Gasteiger partial charge >= 0.3 is 0 Å². The van der Waals surface area contributed by atoms with Crippen LogP contribution >= 0.6 is 0 Å². The number of benzene rings is 2. The van der Waals surface area contributed by atoms with Crippen LogP contribution in [0, 0.1) is 0 Å². The van der Waals surface area contributed by atoms with E-state index in [0.29, 0.717) is 17.1 Å². The maximum atomic E-state index is 12.6. The molecule has 0 aliphatic rings. The topological polar surface area (TPSA) is 49.4 Å². The fraction of sp³-hybridized carbons (Fsp3) is 0.200. The second-order valence-corrected chi connectivity index (χ2v) is 6.51. The van der Waals surface area contributed by atoms with Crippen LogP contribution in [0.4, 0.5) is 5.69 Å². The molecule has 4 nitrogen and oxygen atoms in total. The molecule has 5 heteroatoms. The molecule has 0 fully saturated rings. The number of sulfonamides is 1. The summed E-state index contributed by atoms with van der Waals surface area (Å²) in [5, 5.41) is 2.91. The highest BCUT2D eigenvalue weighted by Gasteiger charge is 2.23. The molecule has 0 amide bonds. The summed E-state index contributed by atoms with van der Waals surface area (Å²) in [7, 11) is -0.203. The Morgan fingerprint density at radius 1 is 1.00 bits per heavy atom. The van der Waals surface area contributed by atoms with E-state index in [1.54, 1.807) is 32.3 Å². The van der Waals surface area contributed by atoms with Gasteiger partial charge < -0.3 is 5.32 Å². The van der Waals surface area contributed by atoms with Crippen LogP contribution in [0.5, 0.6) is 0 Å². The van der Waals surface area contributed by atoms with Crippen LogP contribution in [0.25, 0.3) is 0 Å². The van der Waals surface area contributed by atoms with Gasteiger partial charge in [0, 0.05) is 20.6 Å². The Morgan fingerprint density at radius 3 is 2.25 bits per heavy atom. The third-order valence-electron chi connectivity index (χ3n) is 3.09. The van der Waals surface area contributed by atoms with Gasteiger partial charge in [0.25, 0.3) is 0 Å². The van der Waals surface area contributed by atoms with Gasteiger partial charge in [-0.2, -0.15) is 4.31 Å². The molecule has 0 aliphatic carbocycles. The number of anilines is 1. The average molecular weight is 290 g/mol. The van der Waals surface area contributed by atoms with E-state index in [-0.39, 0.29) is 0 Å². The van der Waals surface area contributed by atoms with Gasteiger partial charge in [-0.15, -0.1) is 0 Å². The Bertz CT molecular complexity index is 669. The minimum absolute atomic E-state index is 0.293. The van der Waals surface area contributed by atoms with E-state index < -0.39 is 10.0 Å². The number of nitrogens with zero attached hydrogens (tertiary/aromatic N) is 1. The number of rotatable bonds is 5. The van der Waals surface area contributed by atoms with Crippen molar-refractivity contribution in [2.75, 3.05) is 19.4 Å². The van der Waals surface area contributed by atoms with Gasteiger partial charge in [0.05, 0.1) is 5.69 Å². The lowest BCUT2D eigenvalue weighted by Crippen LogP contribution is -2.27.